The van der Waals surface area contributed by atoms with Crippen LogP contribution in [0.3, 0.4) is 0 Å². The van der Waals surface area contributed by atoms with Crippen molar-refractivity contribution in [3.8, 4) is 0 Å². The number of aryl methyl sites for hydroxylation is 1. The molecule has 21 heavy (non-hydrogen) atoms. The zero-order valence-electron chi connectivity index (χ0n) is 12.4. The van der Waals surface area contributed by atoms with Crippen LogP contribution >= 0.6 is 0 Å². The van der Waals surface area contributed by atoms with Crippen molar-refractivity contribution in [2.45, 2.75) is 32.4 Å². The van der Waals surface area contributed by atoms with Gasteiger partial charge in [-0.2, -0.15) is 5.10 Å². The van der Waals surface area contributed by atoms with Crippen molar-refractivity contribution in [1.29, 1.82) is 0 Å². The molecule has 112 valence electrons. The van der Waals surface area contributed by atoms with Crippen LogP contribution < -0.4 is 5.32 Å². The number of hydrogen-bond acceptors (Lipinski definition) is 5. The van der Waals surface area contributed by atoms with Crippen LogP contribution in [0.1, 0.15) is 18.5 Å². The molecule has 6 heteroatoms. The molecule has 2 aromatic heterocycles. The van der Waals surface area contributed by atoms with Gasteiger partial charge >= 0.3 is 0 Å². The van der Waals surface area contributed by atoms with Crippen molar-refractivity contribution >= 4 is 5.82 Å². The lowest BCUT2D eigenvalue weighted by molar-refractivity contribution is 0.209. The zero-order chi connectivity index (χ0) is 14.5. The number of piperidine rings is 1. The van der Waals surface area contributed by atoms with Gasteiger partial charge in [-0.3, -0.25) is 4.68 Å². The Bertz CT molecular complexity index is 545. The fourth-order valence-electron chi connectivity index (χ4n) is 2.72. The Hall–Kier alpha value is -1.95. The Morgan fingerprint density at radius 1 is 1.24 bits per heavy atom. The van der Waals surface area contributed by atoms with Gasteiger partial charge in [-0.25, -0.2) is 9.97 Å². The van der Waals surface area contributed by atoms with Crippen molar-refractivity contribution in [2.24, 2.45) is 0 Å². The molecule has 1 fully saturated rings. The number of nitrogens with zero attached hydrogens (tertiary/aromatic N) is 5. The Labute approximate surface area is 125 Å². The van der Waals surface area contributed by atoms with E-state index in [1.807, 2.05) is 36.1 Å². The van der Waals surface area contributed by atoms with E-state index >= 15 is 0 Å². The molecule has 0 amide bonds. The van der Waals surface area contributed by atoms with Gasteiger partial charge in [-0.1, -0.05) is 0 Å². The van der Waals surface area contributed by atoms with Crippen LogP contribution in [0.15, 0.2) is 30.9 Å². The van der Waals surface area contributed by atoms with Gasteiger partial charge in [0.2, 0.25) is 0 Å². The standard InChI is InChI=1S/C15H22N6/c1-13-11-15(17-12-16-13)19-14-3-7-20(8-4-14)9-10-21-6-2-5-18-21/h2,5-6,11-12,14H,3-4,7-10H2,1H3,(H,16,17,19). The van der Waals surface area contributed by atoms with E-state index in [0.29, 0.717) is 6.04 Å². The summed E-state index contributed by atoms with van der Waals surface area (Å²) in [6.45, 7) is 6.29. The Morgan fingerprint density at radius 3 is 2.81 bits per heavy atom. The molecule has 1 aliphatic heterocycles. The average Bonchev–Trinajstić information content (AvgIpc) is 3.00. The second-order valence-corrected chi connectivity index (χ2v) is 5.57. The first kappa shape index (κ1) is 14.0. The third-order valence-electron chi connectivity index (χ3n) is 3.95. The number of anilines is 1. The molecular formula is C15H22N6. The highest BCUT2D eigenvalue weighted by molar-refractivity contribution is 5.35. The van der Waals surface area contributed by atoms with Crippen LogP contribution in [0.5, 0.6) is 0 Å². The van der Waals surface area contributed by atoms with Gasteiger partial charge in [0.15, 0.2) is 0 Å². The topological polar surface area (TPSA) is 58.9 Å². The highest BCUT2D eigenvalue weighted by atomic mass is 15.3. The molecule has 0 radical (unpaired) electrons. The molecule has 0 bridgehead atoms. The van der Waals surface area contributed by atoms with Crippen molar-refractivity contribution in [3.63, 3.8) is 0 Å². The quantitative estimate of drug-likeness (QED) is 0.904. The van der Waals surface area contributed by atoms with Crippen LogP contribution in [-0.4, -0.2) is 50.3 Å². The highest BCUT2D eigenvalue weighted by Crippen LogP contribution is 2.15. The van der Waals surface area contributed by atoms with Gasteiger partial charge in [0.1, 0.15) is 12.1 Å². The molecule has 0 aliphatic carbocycles. The van der Waals surface area contributed by atoms with Crippen molar-refractivity contribution in [2.75, 3.05) is 25.0 Å². The van der Waals surface area contributed by atoms with Crippen molar-refractivity contribution in [1.82, 2.24) is 24.6 Å². The minimum Gasteiger partial charge on any atom is -0.367 e. The lowest BCUT2D eigenvalue weighted by Crippen LogP contribution is -2.40. The zero-order valence-corrected chi connectivity index (χ0v) is 12.4. The van der Waals surface area contributed by atoms with Crippen LogP contribution in [0.25, 0.3) is 0 Å². The maximum atomic E-state index is 4.28. The van der Waals surface area contributed by atoms with E-state index in [2.05, 4.69) is 25.3 Å². The highest BCUT2D eigenvalue weighted by Gasteiger charge is 2.19. The molecule has 0 aromatic carbocycles. The van der Waals surface area contributed by atoms with E-state index in [9.17, 15) is 0 Å². The second kappa shape index (κ2) is 6.67. The molecule has 6 nitrogen and oxygen atoms in total. The van der Waals surface area contributed by atoms with E-state index in [1.54, 1.807) is 6.33 Å². The fraction of sp³-hybridized carbons (Fsp3) is 0.533. The van der Waals surface area contributed by atoms with E-state index in [4.69, 9.17) is 0 Å². The van der Waals surface area contributed by atoms with Crippen molar-refractivity contribution in [3.05, 3.63) is 36.5 Å². The molecule has 1 aliphatic rings. The van der Waals surface area contributed by atoms with E-state index in [-0.39, 0.29) is 0 Å². The van der Waals surface area contributed by atoms with E-state index < -0.39 is 0 Å². The van der Waals surface area contributed by atoms with Gasteiger partial charge in [0.05, 0.1) is 6.54 Å². The predicted molar refractivity (Wildman–Crippen MR) is 82.1 cm³/mol. The first-order chi connectivity index (χ1) is 10.3. The summed E-state index contributed by atoms with van der Waals surface area (Å²) in [5.41, 5.74) is 1.00. The SMILES string of the molecule is Cc1cc(NC2CCN(CCn3cccn3)CC2)ncn1. The second-order valence-electron chi connectivity index (χ2n) is 5.57. The van der Waals surface area contributed by atoms with Gasteiger partial charge in [-0.05, 0) is 25.8 Å². The minimum absolute atomic E-state index is 0.514. The molecule has 1 N–H and O–H groups in total. The predicted octanol–water partition coefficient (Wildman–Crippen LogP) is 1.56. The maximum Gasteiger partial charge on any atom is 0.129 e. The lowest BCUT2D eigenvalue weighted by Gasteiger charge is -2.32. The minimum atomic E-state index is 0.514. The third-order valence-corrected chi connectivity index (χ3v) is 3.95. The third kappa shape index (κ3) is 4.01. The molecule has 0 unspecified atom stereocenters. The Morgan fingerprint density at radius 2 is 2.10 bits per heavy atom. The van der Waals surface area contributed by atoms with Gasteiger partial charge in [0.25, 0.3) is 0 Å². The number of hydrogen-bond donors (Lipinski definition) is 1. The lowest BCUT2D eigenvalue weighted by atomic mass is 10.1. The number of rotatable bonds is 5. The summed E-state index contributed by atoms with van der Waals surface area (Å²) in [6, 6.07) is 4.49. The number of aromatic nitrogens is 4. The maximum absolute atomic E-state index is 4.28. The normalized spacial score (nSPS) is 17.0. The molecule has 1 saturated heterocycles. The largest absolute Gasteiger partial charge is 0.367 e. The first-order valence-corrected chi connectivity index (χ1v) is 7.54. The Kier molecular flexibility index (Phi) is 4.45. The summed E-state index contributed by atoms with van der Waals surface area (Å²) in [5.74, 6) is 0.942. The van der Waals surface area contributed by atoms with E-state index in [1.165, 1.54) is 0 Å². The van der Waals surface area contributed by atoms with Gasteiger partial charge in [-0.15, -0.1) is 0 Å². The number of nitrogens with one attached hydrogen (secondary N) is 1. The molecule has 0 atom stereocenters. The number of likely N-dealkylation sites (tertiary alicyclic amines) is 1. The van der Waals surface area contributed by atoms with Crippen LogP contribution in [0.4, 0.5) is 5.82 Å². The average molecular weight is 286 g/mol. The van der Waals surface area contributed by atoms with Crippen molar-refractivity contribution < 1.29 is 0 Å². The smallest absolute Gasteiger partial charge is 0.129 e. The molecule has 2 aromatic rings. The molecule has 3 heterocycles. The molecular weight excluding hydrogens is 264 g/mol. The van der Waals surface area contributed by atoms with Crippen LogP contribution in [-0.2, 0) is 6.54 Å². The summed E-state index contributed by atoms with van der Waals surface area (Å²) in [7, 11) is 0. The van der Waals surface area contributed by atoms with Crippen LogP contribution in [0.2, 0.25) is 0 Å². The first-order valence-electron chi connectivity index (χ1n) is 7.54. The molecule has 0 saturated carbocycles. The summed E-state index contributed by atoms with van der Waals surface area (Å²) in [4.78, 5) is 10.9. The summed E-state index contributed by atoms with van der Waals surface area (Å²) in [5, 5.41) is 7.76. The molecule has 3 rings (SSSR count). The summed E-state index contributed by atoms with van der Waals surface area (Å²) in [6.07, 6.45) is 7.78. The fourth-order valence-corrected chi connectivity index (χ4v) is 2.72. The van der Waals surface area contributed by atoms with Gasteiger partial charge in [0, 0.05) is 49.8 Å². The summed E-state index contributed by atoms with van der Waals surface area (Å²) >= 11 is 0. The molecule has 0 spiro atoms. The van der Waals surface area contributed by atoms with Crippen LogP contribution in [0, 0.1) is 6.92 Å². The monoisotopic (exact) mass is 286 g/mol. The van der Waals surface area contributed by atoms with E-state index in [0.717, 1.165) is 50.5 Å². The summed E-state index contributed by atoms with van der Waals surface area (Å²) < 4.78 is 1.99. The Balaban J connectivity index is 1.42. The van der Waals surface area contributed by atoms with Gasteiger partial charge < -0.3 is 10.2 Å².